The fourth-order valence-electron chi connectivity index (χ4n) is 5.43. The van der Waals surface area contributed by atoms with Gasteiger partial charge in [-0.3, -0.25) is 0 Å². The van der Waals surface area contributed by atoms with Crippen molar-refractivity contribution in [3.05, 3.63) is 131 Å². The first-order chi connectivity index (χ1) is 22.0. The van der Waals surface area contributed by atoms with Gasteiger partial charge in [0.25, 0.3) is 0 Å². The Labute approximate surface area is 267 Å². The van der Waals surface area contributed by atoms with Crippen molar-refractivity contribution >= 4 is 5.97 Å². The minimum atomic E-state index is -0.362. The summed E-state index contributed by atoms with van der Waals surface area (Å²) in [6.07, 6.45) is 10.2. The third kappa shape index (κ3) is 10.8. The maximum absolute atomic E-state index is 14.5. The molecule has 3 aromatic carbocycles. The second-order valence-corrected chi connectivity index (χ2v) is 11.3. The van der Waals surface area contributed by atoms with Gasteiger partial charge in [0, 0.05) is 33.9 Å². The monoisotopic (exact) mass is 604 g/mol. The first-order valence-corrected chi connectivity index (χ1v) is 15.6. The lowest BCUT2D eigenvalue weighted by Crippen LogP contribution is -2.20. The lowest BCUT2D eigenvalue weighted by Gasteiger charge is -2.28. The van der Waals surface area contributed by atoms with E-state index < -0.39 is 0 Å². The predicted molar refractivity (Wildman–Crippen MR) is 176 cm³/mol. The van der Waals surface area contributed by atoms with Gasteiger partial charge < -0.3 is 14.2 Å². The van der Waals surface area contributed by atoms with Gasteiger partial charge in [0.15, 0.2) is 6.79 Å². The van der Waals surface area contributed by atoms with Gasteiger partial charge in [-0.2, -0.15) is 0 Å². The van der Waals surface area contributed by atoms with Crippen molar-refractivity contribution < 1.29 is 23.4 Å². The summed E-state index contributed by atoms with van der Waals surface area (Å²) in [6, 6.07) is 19.5. The van der Waals surface area contributed by atoms with Crippen molar-refractivity contribution in [1.29, 1.82) is 0 Å². The molecule has 0 aliphatic heterocycles. The van der Waals surface area contributed by atoms with Crippen LogP contribution in [0.5, 0.6) is 0 Å². The number of aryl methyl sites for hydroxylation is 2. The maximum Gasteiger partial charge on any atom is 0.330 e. The molecule has 0 unspecified atom stereocenters. The van der Waals surface area contributed by atoms with Gasteiger partial charge in [-0.25, -0.2) is 9.18 Å². The summed E-state index contributed by atoms with van der Waals surface area (Å²) in [4.78, 5) is 11.3. The van der Waals surface area contributed by atoms with Crippen molar-refractivity contribution in [2.45, 2.75) is 58.5 Å². The molecule has 0 bridgehead atoms. The minimum Gasteiger partial charge on any atom is -0.476 e. The van der Waals surface area contributed by atoms with Gasteiger partial charge >= 0.3 is 5.97 Å². The number of rotatable bonds is 12. The second-order valence-electron chi connectivity index (χ2n) is 11.3. The Balaban J connectivity index is 1.28. The van der Waals surface area contributed by atoms with Crippen LogP contribution in [0.2, 0.25) is 0 Å². The van der Waals surface area contributed by atoms with E-state index >= 15 is 0 Å². The van der Waals surface area contributed by atoms with Crippen LogP contribution in [0.1, 0.15) is 78.0 Å². The number of halogens is 1. The molecule has 0 heterocycles. The molecule has 0 N–H and O–H groups in total. The Morgan fingerprint density at radius 3 is 2.24 bits per heavy atom. The van der Waals surface area contributed by atoms with Crippen LogP contribution in [-0.2, 0) is 38.5 Å². The van der Waals surface area contributed by atoms with Crippen molar-refractivity contribution in [2.75, 3.05) is 13.4 Å². The number of carbonyl (C=O) groups excluding carboxylic acids is 1. The molecule has 1 aliphatic rings. The van der Waals surface area contributed by atoms with E-state index in [9.17, 15) is 9.18 Å². The number of benzene rings is 3. The predicted octanol–water partition coefficient (Wildman–Crippen LogP) is 8.29. The molecule has 0 radical (unpaired) electrons. The van der Waals surface area contributed by atoms with Crippen LogP contribution < -0.4 is 0 Å². The summed E-state index contributed by atoms with van der Waals surface area (Å²) in [7, 11) is 0. The largest absolute Gasteiger partial charge is 0.476 e. The van der Waals surface area contributed by atoms with Crippen LogP contribution in [-0.4, -0.2) is 19.4 Å². The lowest BCUT2D eigenvalue weighted by molar-refractivity contribution is -0.139. The van der Waals surface area contributed by atoms with Crippen LogP contribution in [0.15, 0.2) is 86.2 Å². The molecular weight excluding hydrogens is 563 g/mol. The first kappa shape index (κ1) is 33.3. The number of hydrogen-bond acceptors (Lipinski definition) is 4. The lowest BCUT2D eigenvalue weighted by atomic mass is 9.80. The molecule has 45 heavy (non-hydrogen) atoms. The maximum atomic E-state index is 14.5. The van der Waals surface area contributed by atoms with E-state index in [4.69, 9.17) is 14.2 Å². The van der Waals surface area contributed by atoms with E-state index in [-0.39, 0.29) is 25.2 Å². The van der Waals surface area contributed by atoms with Crippen molar-refractivity contribution in [3.8, 4) is 23.7 Å². The molecular formula is C40H41FO4. The SMILES string of the molecule is C=COCOCc1ccc(C#Cc2ccc(C#Cc3ccc(CCC4CCC(COC(=O)C=C)CC4)cc3)cc2CC)cc1F. The molecule has 1 fully saturated rings. The highest BCUT2D eigenvalue weighted by atomic mass is 19.1. The van der Waals surface area contributed by atoms with Crippen LogP contribution in [0.3, 0.4) is 0 Å². The zero-order chi connectivity index (χ0) is 31.9. The van der Waals surface area contributed by atoms with Gasteiger partial charge in [-0.15, -0.1) is 0 Å². The molecule has 0 spiro atoms. The van der Waals surface area contributed by atoms with Crippen LogP contribution in [0.4, 0.5) is 4.39 Å². The number of carbonyl (C=O) groups is 1. The van der Waals surface area contributed by atoms with Gasteiger partial charge in [0.1, 0.15) is 5.82 Å². The molecule has 5 heteroatoms. The topological polar surface area (TPSA) is 44.8 Å². The average molecular weight is 605 g/mol. The van der Waals surface area contributed by atoms with Crippen LogP contribution in [0.25, 0.3) is 0 Å². The Morgan fingerprint density at radius 1 is 0.867 bits per heavy atom. The number of esters is 1. The molecule has 1 saturated carbocycles. The third-order valence-electron chi connectivity index (χ3n) is 8.15. The summed E-state index contributed by atoms with van der Waals surface area (Å²) in [6.45, 7) is 9.64. The third-order valence-corrected chi connectivity index (χ3v) is 8.15. The standard InChI is InChI=1S/C40H41FO4/c1-4-36-25-33(19-22-37(36)23-20-34-21-24-38(39(41)26-34)28-44-29-43-6-3)16-13-31-10-7-30(8-11-31)9-12-32-14-17-35(18-15-32)27-45-40(42)5-2/h5-8,10-11,19,21-22,24-26,32,35H,2-4,9,12,14-15,17-18,27-29H2,1H3. The normalized spacial score (nSPS) is 15.5. The second kappa shape index (κ2) is 17.6. The summed E-state index contributed by atoms with van der Waals surface area (Å²) >= 11 is 0. The fourth-order valence-corrected chi connectivity index (χ4v) is 5.43. The van der Waals surface area contributed by atoms with Crippen molar-refractivity contribution in [1.82, 2.24) is 0 Å². The van der Waals surface area contributed by atoms with Crippen molar-refractivity contribution in [2.24, 2.45) is 11.8 Å². The Kier molecular flexibility index (Phi) is 13.1. The summed E-state index contributed by atoms with van der Waals surface area (Å²) in [5.74, 6) is 13.4. The zero-order valence-corrected chi connectivity index (χ0v) is 26.1. The van der Waals surface area contributed by atoms with Crippen LogP contribution in [0, 0.1) is 41.3 Å². The van der Waals surface area contributed by atoms with Gasteiger partial charge in [-0.05, 0) is 97.5 Å². The molecule has 232 valence electrons. The Morgan fingerprint density at radius 2 is 1.53 bits per heavy atom. The van der Waals surface area contributed by atoms with E-state index in [0.29, 0.717) is 23.7 Å². The Bertz CT molecular complexity index is 1570. The zero-order valence-electron chi connectivity index (χ0n) is 26.1. The molecule has 0 aromatic heterocycles. The van der Waals surface area contributed by atoms with Crippen LogP contribution >= 0.6 is 0 Å². The molecule has 1 aliphatic carbocycles. The fraction of sp³-hybridized carbons (Fsp3) is 0.325. The van der Waals surface area contributed by atoms with E-state index in [1.54, 1.807) is 12.1 Å². The number of ether oxygens (including phenoxy) is 3. The highest BCUT2D eigenvalue weighted by molar-refractivity contribution is 5.81. The Hall–Kier alpha value is -4.58. The quantitative estimate of drug-likeness (QED) is 0.0521. The highest BCUT2D eigenvalue weighted by Gasteiger charge is 2.22. The molecule has 0 atom stereocenters. The molecule has 0 amide bonds. The molecule has 4 rings (SSSR count). The highest BCUT2D eigenvalue weighted by Crippen LogP contribution is 2.32. The first-order valence-electron chi connectivity index (χ1n) is 15.6. The summed E-state index contributed by atoms with van der Waals surface area (Å²) < 4.78 is 29.8. The summed E-state index contributed by atoms with van der Waals surface area (Å²) in [5, 5.41) is 0. The van der Waals surface area contributed by atoms with E-state index in [0.717, 1.165) is 53.9 Å². The van der Waals surface area contributed by atoms with Gasteiger partial charge in [0.05, 0.1) is 19.5 Å². The van der Waals surface area contributed by atoms with Gasteiger partial charge in [0.2, 0.25) is 0 Å². The summed E-state index contributed by atoms with van der Waals surface area (Å²) in [5.41, 5.74) is 6.31. The smallest absolute Gasteiger partial charge is 0.330 e. The average Bonchev–Trinajstić information content (AvgIpc) is 3.08. The minimum absolute atomic E-state index is 0.0275. The van der Waals surface area contributed by atoms with E-state index in [1.165, 1.54) is 43.2 Å². The van der Waals surface area contributed by atoms with Crippen molar-refractivity contribution in [3.63, 3.8) is 0 Å². The number of hydrogen-bond donors (Lipinski definition) is 0. The molecule has 4 nitrogen and oxygen atoms in total. The molecule has 3 aromatic rings. The van der Waals surface area contributed by atoms with E-state index in [1.807, 2.05) is 12.1 Å². The molecule has 0 saturated heterocycles. The van der Waals surface area contributed by atoms with Gasteiger partial charge in [-0.1, -0.05) is 74.8 Å². The van der Waals surface area contributed by atoms with E-state index in [2.05, 4.69) is 74.1 Å².